The molecule has 2 N–H and O–H groups in total. The van der Waals surface area contributed by atoms with Gasteiger partial charge in [0, 0.05) is 5.02 Å². The van der Waals surface area contributed by atoms with Crippen LogP contribution in [0.1, 0.15) is 25.0 Å². The lowest BCUT2D eigenvalue weighted by Gasteiger charge is -2.25. The number of amides is 2. The molecule has 0 heterocycles. The SMILES string of the molecule is Cc1ccc(C)c(OCC(=O)NNC(=O)C(C)(C)Oc2ccc(Cl)cc2)c1. The summed E-state index contributed by atoms with van der Waals surface area (Å²) in [5.41, 5.74) is 5.43. The number of hydrogen-bond acceptors (Lipinski definition) is 4. The lowest BCUT2D eigenvalue weighted by Crippen LogP contribution is -2.53. The molecule has 0 fully saturated rings. The van der Waals surface area contributed by atoms with E-state index in [4.69, 9.17) is 21.1 Å². The van der Waals surface area contributed by atoms with E-state index >= 15 is 0 Å². The third kappa shape index (κ3) is 6.18. The molecule has 6 nitrogen and oxygen atoms in total. The molecule has 2 aromatic carbocycles. The fourth-order valence-corrected chi connectivity index (χ4v) is 2.29. The van der Waals surface area contributed by atoms with E-state index in [0.29, 0.717) is 16.5 Å². The molecule has 0 radical (unpaired) electrons. The van der Waals surface area contributed by atoms with Gasteiger partial charge in [-0.25, -0.2) is 0 Å². The van der Waals surface area contributed by atoms with Gasteiger partial charge in [-0.1, -0.05) is 23.7 Å². The molecule has 144 valence electrons. The van der Waals surface area contributed by atoms with Gasteiger partial charge in [-0.05, 0) is 69.2 Å². The Kier molecular flexibility index (Phi) is 6.69. The number of aryl methyl sites for hydroxylation is 2. The second-order valence-corrected chi connectivity index (χ2v) is 7.06. The summed E-state index contributed by atoms with van der Waals surface area (Å²) in [6.07, 6.45) is 0. The summed E-state index contributed by atoms with van der Waals surface area (Å²) in [5.74, 6) is 0.135. The number of benzene rings is 2. The molecule has 0 aliphatic rings. The number of nitrogens with one attached hydrogen (secondary N) is 2. The number of halogens is 1. The Bertz CT molecular complexity index is 819. The van der Waals surface area contributed by atoms with Crippen LogP contribution in [-0.4, -0.2) is 24.0 Å². The maximum Gasteiger partial charge on any atom is 0.281 e. The van der Waals surface area contributed by atoms with Crippen molar-refractivity contribution in [2.75, 3.05) is 6.61 Å². The zero-order chi connectivity index (χ0) is 20.0. The van der Waals surface area contributed by atoms with Crippen molar-refractivity contribution in [3.05, 3.63) is 58.6 Å². The molecule has 0 saturated carbocycles. The third-order valence-corrected chi connectivity index (χ3v) is 4.00. The topological polar surface area (TPSA) is 76.7 Å². The number of rotatable bonds is 6. The molecule has 0 aromatic heterocycles. The minimum Gasteiger partial charge on any atom is -0.483 e. The molecule has 0 atom stereocenters. The molecule has 0 bridgehead atoms. The van der Waals surface area contributed by atoms with Crippen LogP contribution in [-0.2, 0) is 9.59 Å². The third-order valence-electron chi connectivity index (χ3n) is 3.75. The van der Waals surface area contributed by atoms with Crippen molar-refractivity contribution in [3.8, 4) is 11.5 Å². The lowest BCUT2D eigenvalue weighted by atomic mass is 10.1. The molecule has 2 rings (SSSR count). The summed E-state index contributed by atoms with van der Waals surface area (Å²) in [6, 6.07) is 12.4. The van der Waals surface area contributed by atoms with Gasteiger partial charge in [-0.3, -0.25) is 20.4 Å². The molecular weight excluding hydrogens is 368 g/mol. The monoisotopic (exact) mass is 390 g/mol. The van der Waals surface area contributed by atoms with Gasteiger partial charge < -0.3 is 9.47 Å². The minimum absolute atomic E-state index is 0.219. The first-order chi connectivity index (χ1) is 12.7. The van der Waals surface area contributed by atoms with Crippen LogP contribution in [0, 0.1) is 13.8 Å². The van der Waals surface area contributed by atoms with Gasteiger partial charge in [0.2, 0.25) is 0 Å². The molecule has 2 amide bonds. The van der Waals surface area contributed by atoms with Crippen molar-refractivity contribution in [1.82, 2.24) is 10.9 Å². The zero-order valence-electron chi connectivity index (χ0n) is 15.8. The van der Waals surface area contributed by atoms with Crippen LogP contribution in [0.25, 0.3) is 0 Å². The first-order valence-electron chi connectivity index (χ1n) is 8.41. The standard InChI is InChI=1S/C20H23ClN2O4/c1-13-5-6-14(2)17(11-13)26-12-18(24)22-23-19(25)20(3,4)27-16-9-7-15(21)8-10-16/h5-11H,12H2,1-4H3,(H,22,24)(H,23,25). The Morgan fingerprint density at radius 2 is 1.70 bits per heavy atom. The van der Waals surface area contributed by atoms with Crippen molar-refractivity contribution in [1.29, 1.82) is 0 Å². The van der Waals surface area contributed by atoms with Gasteiger partial charge in [0.1, 0.15) is 11.5 Å². The second-order valence-electron chi connectivity index (χ2n) is 6.63. The Morgan fingerprint density at radius 3 is 2.37 bits per heavy atom. The molecular formula is C20H23ClN2O4. The second kappa shape index (κ2) is 8.77. The van der Waals surface area contributed by atoms with Crippen molar-refractivity contribution < 1.29 is 19.1 Å². The van der Waals surface area contributed by atoms with Gasteiger partial charge in [-0.2, -0.15) is 0 Å². The summed E-state index contributed by atoms with van der Waals surface area (Å²) in [7, 11) is 0. The molecule has 0 aliphatic heterocycles. The van der Waals surface area contributed by atoms with E-state index in [1.54, 1.807) is 38.1 Å². The van der Waals surface area contributed by atoms with Crippen LogP contribution < -0.4 is 20.3 Å². The Hall–Kier alpha value is -2.73. The van der Waals surface area contributed by atoms with E-state index in [-0.39, 0.29) is 6.61 Å². The fraction of sp³-hybridized carbons (Fsp3) is 0.300. The van der Waals surface area contributed by atoms with Crippen LogP contribution >= 0.6 is 11.6 Å². The van der Waals surface area contributed by atoms with E-state index in [1.807, 2.05) is 32.0 Å². The van der Waals surface area contributed by atoms with Crippen LogP contribution in [0.2, 0.25) is 5.02 Å². The van der Waals surface area contributed by atoms with Crippen LogP contribution in [0.5, 0.6) is 11.5 Å². The molecule has 0 unspecified atom stereocenters. The van der Waals surface area contributed by atoms with Crippen molar-refractivity contribution in [2.45, 2.75) is 33.3 Å². The zero-order valence-corrected chi connectivity index (χ0v) is 16.5. The highest BCUT2D eigenvalue weighted by Crippen LogP contribution is 2.21. The summed E-state index contributed by atoms with van der Waals surface area (Å²) in [4.78, 5) is 24.2. The highest BCUT2D eigenvalue weighted by Gasteiger charge is 2.30. The van der Waals surface area contributed by atoms with Crippen LogP contribution in [0.15, 0.2) is 42.5 Å². The average molecular weight is 391 g/mol. The summed E-state index contributed by atoms with van der Waals surface area (Å²) < 4.78 is 11.2. The van der Waals surface area contributed by atoms with Crippen molar-refractivity contribution in [3.63, 3.8) is 0 Å². The molecule has 7 heteroatoms. The normalized spacial score (nSPS) is 10.9. The number of carbonyl (C=O) groups excluding carboxylic acids is 2. The van der Waals surface area contributed by atoms with Crippen molar-refractivity contribution in [2.24, 2.45) is 0 Å². The maximum absolute atomic E-state index is 12.3. The van der Waals surface area contributed by atoms with Crippen molar-refractivity contribution >= 4 is 23.4 Å². The summed E-state index contributed by atoms with van der Waals surface area (Å²) in [6.45, 7) is 6.80. The minimum atomic E-state index is -1.20. The van der Waals surface area contributed by atoms with Crippen LogP contribution in [0.3, 0.4) is 0 Å². The molecule has 27 heavy (non-hydrogen) atoms. The van der Waals surface area contributed by atoms with Gasteiger partial charge in [0.25, 0.3) is 11.8 Å². The van der Waals surface area contributed by atoms with E-state index < -0.39 is 17.4 Å². The van der Waals surface area contributed by atoms with Gasteiger partial charge >= 0.3 is 0 Å². The average Bonchev–Trinajstić information content (AvgIpc) is 2.62. The smallest absolute Gasteiger partial charge is 0.281 e. The quantitative estimate of drug-likeness (QED) is 0.741. The van der Waals surface area contributed by atoms with E-state index in [2.05, 4.69) is 10.9 Å². The number of hydrazine groups is 1. The predicted molar refractivity (Wildman–Crippen MR) is 104 cm³/mol. The van der Waals surface area contributed by atoms with E-state index in [9.17, 15) is 9.59 Å². The highest BCUT2D eigenvalue weighted by molar-refractivity contribution is 6.30. The molecule has 0 aliphatic carbocycles. The summed E-state index contributed by atoms with van der Waals surface area (Å²) >= 11 is 5.83. The molecule has 2 aromatic rings. The Balaban J connectivity index is 1.83. The lowest BCUT2D eigenvalue weighted by molar-refractivity contribution is -0.138. The van der Waals surface area contributed by atoms with Crippen LogP contribution in [0.4, 0.5) is 0 Å². The highest BCUT2D eigenvalue weighted by atomic mass is 35.5. The first kappa shape index (κ1) is 20.6. The predicted octanol–water partition coefficient (Wildman–Crippen LogP) is 3.34. The Labute approximate surface area is 163 Å². The van der Waals surface area contributed by atoms with Gasteiger partial charge in [0.15, 0.2) is 12.2 Å². The summed E-state index contributed by atoms with van der Waals surface area (Å²) in [5, 5.41) is 0.570. The number of hydrogen-bond donors (Lipinski definition) is 2. The number of carbonyl (C=O) groups is 2. The van der Waals surface area contributed by atoms with E-state index in [1.165, 1.54) is 0 Å². The fourth-order valence-electron chi connectivity index (χ4n) is 2.16. The first-order valence-corrected chi connectivity index (χ1v) is 8.79. The van der Waals surface area contributed by atoms with E-state index in [0.717, 1.165) is 11.1 Å². The largest absolute Gasteiger partial charge is 0.483 e. The van der Waals surface area contributed by atoms with Gasteiger partial charge in [0.05, 0.1) is 0 Å². The molecule has 0 spiro atoms. The van der Waals surface area contributed by atoms with Gasteiger partial charge in [-0.15, -0.1) is 0 Å². The maximum atomic E-state index is 12.3. The molecule has 0 saturated heterocycles. The Morgan fingerprint density at radius 1 is 1.04 bits per heavy atom. The number of ether oxygens (including phenoxy) is 2.